The van der Waals surface area contributed by atoms with Crippen molar-refractivity contribution in [1.29, 1.82) is 0 Å². The molecule has 0 unspecified atom stereocenters. The second kappa shape index (κ2) is 6.72. The van der Waals surface area contributed by atoms with Crippen molar-refractivity contribution in [3.63, 3.8) is 0 Å². The molecule has 1 aromatic carbocycles. The van der Waals surface area contributed by atoms with E-state index < -0.39 is 0 Å². The first-order valence-corrected chi connectivity index (χ1v) is 7.60. The van der Waals surface area contributed by atoms with Crippen LogP contribution in [0.3, 0.4) is 0 Å². The molecule has 0 aliphatic rings. The molecule has 6 heteroatoms. The van der Waals surface area contributed by atoms with E-state index in [1.165, 1.54) is 11.8 Å². The zero-order valence-electron chi connectivity index (χ0n) is 11.2. The number of amides is 1. The maximum Gasteiger partial charge on any atom is 0.254 e. The number of hydrogen-bond acceptors (Lipinski definition) is 4. The first-order chi connectivity index (χ1) is 9.60. The SMILES string of the molecule is CSc1ncc(C(=O)NCc2cccc(Cl)c2)c(C)n1. The lowest BCUT2D eigenvalue weighted by Crippen LogP contribution is -2.24. The van der Waals surface area contributed by atoms with Crippen molar-refractivity contribution in [3.05, 3.63) is 52.3 Å². The molecule has 0 bridgehead atoms. The van der Waals surface area contributed by atoms with Crippen molar-refractivity contribution >= 4 is 29.3 Å². The van der Waals surface area contributed by atoms with Crippen LogP contribution in [-0.4, -0.2) is 22.1 Å². The summed E-state index contributed by atoms with van der Waals surface area (Å²) in [5.74, 6) is -0.185. The van der Waals surface area contributed by atoms with Crippen LogP contribution in [0.5, 0.6) is 0 Å². The molecule has 0 saturated heterocycles. The Balaban J connectivity index is 2.05. The number of hydrogen-bond donors (Lipinski definition) is 1. The average Bonchev–Trinajstić information content (AvgIpc) is 2.44. The summed E-state index contributed by atoms with van der Waals surface area (Å²) in [6.45, 7) is 2.22. The molecule has 1 aromatic heterocycles. The summed E-state index contributed by atoms with van der Waals surface area (Å²) < 4.78 is 0. The zero-order valence-corrected chi connectivity index (χ0v) is 12.8. The standard InChI is InChI=1S/C14H14ClN3OS/c1-9-12(8-17-14(18-9)20-2)13(19)16-7-10-4-3-5-11(15)6-10/h3-6,8H,7H2,1-2H3,(H,16,19). The van der Waals surface area contributed by atoms with E-state index in [1.54, 1.807) is 19.2 Å². The molecule has 104 valence electrons. The predicted molar refractivity (Wildman–Crippen MR) is 81.2 cm³/mol. The fourth-order valence-corrected chi connectivity index (χ4v) is 2.29. The summed E-state index contributed by atoms with van der Waals surface area (Å²) in [6, 6.07) is 7.38. The highest BCUT2D eigenvalue weighted by atomic mass is 35.5. The molecule has 0 aliphatic heterocycles. The first-order valence-electron chi connectivity index (χ1n) is 6.00. The topological polar surface area (TPSA) is 54.9 Å². The summed E-state index contributed by atoms with van der Waals surface area (Å²) in [7, 11) is 0. The van der Waals surface area contributed by atoms with Crippen molar-refractivity contribution in [2.45, 2.75) is 18.6 Å². The normalized spacial score (nSPS) is 10.3. The van der Waals surface area contributed by atoms with E-state index in [2.05, 4.69) is 15.3 Å². The third-order valence-corrected chi connectivity index (χ3v) is 3.52. The van der Waals surface area contributed by atoms with Gasteiger partial charge in [0, 0.05) is 17.8 Å². The minimum Gasteiger partial charge on any atom is -0.348 e. The van der Waals surface area contributed by atoms with E-state index in [1.807, 2.05) is 24.5 Å². The van der Waals surface area contributed by atoms with Gasteiger partial charge in [0.15, 0.2) is 5.16 Å². The van der Waals surface area contributed by atoms with Gasteiger partial charge in [-0.3, -0.25) is 4.79 Å². The lowest BCUT2D eigenvalue weighted by Gasteiger charge is -2.08. The molecule has 0 spiro atoms. The van der Waals surface area contributed by atoms with Gasteiger partial charge in [-0.1, -0.05) is 35.5 Å². The van der Waals surface area contributed by atoms with E-state index in [-0.39, 0.29) is 5.91 Å². The lowest BCUT2D eigenvalue weighted by molar-refractivity contribution is 0.0949. The molecule has 0 aliphatic carbocycles. The summed E-state index contributed by atoms with van der Waals surface area (Å²) >= 11 is 7.35. The Hall–Kier alpha value is -1.59. The molecule has 0 saturated carbocycles. The Morgan fingerprint density at radius 1 is 1.45 bits per heavy atom. The number of aryl methyl sites for hydroxylation is 1. The fourth-order valence-electron chi connectivity index (χ4n) is 1.69. The van der Waals surface area contributed by atoms with Crippen LogP contribution >= 0.6 is 23.4 Å². The number of benzene rings is 1. The van der Waals surface area contributed by atoms with Crippen LogP contribution in [0.4, 0.5) is 0 Å². The largest absolute Gasteiger partial charge is 0.348 e. The molecule has 1 heterocycles. The molecule has 2 rings (SSSR count). The third-order valence-electron chi connectivity index (χ3n) is 2.73. The molecule has 2 aromatic rings. The third kappa shape index (κ3) is 3.71. The van der Waals surface area contributed by atoms with Crippen LogP contribution in [0.1, 0.15) is 21.6 Å². The molecule has 0 atom stereocenters. The highest BCUT2D eigenvalue weighted by Gasteiger charge is 2.11. The van der Waals surface area contributed by atoms with Crippen molar-refractivity contribution in [1.82, 2.24) is 15.3 Å². The van der Waals surface area contributed by atoms with E-state index in [0.717, 1.165) is 5.56 Å². The Bertz CT molecular complexity index is 634. The quantitative estimate of drug-likeness (QED) is 0.696. The molecule has 1 amide bonds. The molecular formula is C14H14ClN3OS. The summed E-state index contributed by atoms with van der Waals surface area (Å²) in [5.41, 5.74) is 2.11. The maximum absolute atomic E-state index is 12.1. The van der Waals surface area contributed by atoms with Crippen LogP contribution in [-0.2, 0) is 6.54 Å². The second-order valence-corrected chi connectivity index (χ2v) is 5.38. The van der Waals surface area contributed by atoms with Gasteiger partial charge < -0.3 is 5.32 Å². The number of halogens is 1. The van der Waals surface area contributed by atoms with Gasteiger partial charge in [-0.25, -0.2) is 9.97 Å². The Morgan fingerprint density at radius 2 is 2.25 bits per heavy atom. The number of nitrogens with zero attached hydrogens (tertiary/aromatic N) is 2. The molecule has 20 heavy (non-hydrogen) atoms. The van der Waals surface area contributed by atoms with Crippen molar-refractivity contribution < 1.29 is 4.79 Å². The maximum atomic E-state index is 12.1. The number of nitrogens with one attached hydrogen (secondary N) is 1. The van der Waals surface area contributed by atoms with Gasteiger partial charge in [-0.05, 0) is 30.9 Å². The zero-order chi connectivity index (χ0) is 14.5. The van der Waals surface area contributed by atoms with Crippen LogP contribution in [0.15, 0.2) is 35.6 Å². The van der Waals surface area contributed by atoms with E-state index in [9.17, 15) is 4.79 Å². The van der Waals surface area contributed by atoms with Gasteiger partial charge in [-0.2, -0.15) is 0 Å². The van der Waals surface area contributed by atoms with E-state index >= 15 is 0 Å². The minimum absolute atomic E-state index is 0.185. The lowest BCUT2D eigenvalue weighted by atomic mass is 10.2. The fraction of sp³-hybridized carbons (Fsp3) is 0.214. The van der Waals surface area contributed by atoms with Crippen LogP contribution in [0.25, 0.3) is 0 Å². The van der Waals surface area contributed by atoms with Gasteiger partial charge in [0.25, 0.3) is 5.91 Å². The monoisotopic (exact) mass is 307 g/mol. The van der Waals surface area contributed by atoms with Crippen LogP contribution in [0.2, 0.25) is 5.02 Å². The van der Waals surface area contributed by atoms with Gasteiger partial charge in [0.1, 0.15) is 0 Å². The van der Waals surface area contributed by atoms with Crippen molar-refractivity contribution in [3.8, 4) is 0 Å². The average molecular weight is 308 g/mol. The van der Waals surface area contributed by atoms with Gasteiger partial charge in [-0.15, -0.1) is 0 Å². The predicted octanol–water partition coefficient (Wildman–Crippen LogP) is 3.09. The van der Waals surface area contributed by atoms with E-state index in [0.29, 0.717) is 28.0 Å². The number of carbonyl (C=O) groups is 1. The number of thioether (sulfide) groups is 1. The second-order valence-electron chi connectivity index (χ2n) is 4.17. The van der Waals surface area contributed by atoms with Gasteiger partial charge >= 0.3 is 0 Å². The van der Waals surface area contributed by atoms with Crippen LogP contribution < -0.4 is 5.32 Å². The van der Waals surface area contributed by atoms with Crippen molar-refractivity contribution in [2.75, 3.05) is 6.26 Å². The van der Waals surface area contributed by atoms with Crippen molar-refractivity contribution in [2.24, 2.45) is 0 Å². The Morgan fingerprint density at radius 3 is 2.90 bits per heavy atom. The minimum atomic E-state index is -0.185. The number of aromatic nitrogens is 2. The summed E-state index contributed by atoms with van der Waals surface area (Å²) in [4.78, 5) is 20.5. The van der Waals surface area contributed by atoms with Crippen LogP contribution in [0, 0.1) is 6.92 Å². The summed E-state index contributed by atoms with van der Waals surface area (Å²) in [6.07, 6.45) is 3.45. The first kappa shape index (κ1) is 14.8. The molecule has 1 N–H and O–H groups in total. The number of rotatable bonds is 4. The highest BCUT2D eigenvalue weighted by molar-refractivity contribution is 7.98. The molecule has 0 radical (unpaired) electrons. The smallest absolute Gasteiger partial charge is 0.254 e. The van der Waals surface area contributed by atoms with Gasteiger partial charge in [0.05, 0.1) is 11.3 Å². The highest BCUT2D eigenvalue weighted by Crippen LogP contribution is 2.12. The molecule has 0 fully saturated rings. The molecular weight excluding hydrogens is 294 g/mol. The number of carbonyl (C=O) groups excluding carboxylic acids is 1. The van der Waals surface area contributed by atoms with E-state index in [4.69, 9.17) is 11.6 Å². The summed E-state index contributed by atoms with van der Waals surface area (Å²) in [5, 5.41) is 4.15. The Labute approximate surface area is 127 Å². The van der Waals surface area contributed by atoms with Gasteiger partial charge in [0.2, 0.25) is 0 Å². The Kier molecular flexibility index (Phi) is 4.98. The molecule has 4 nitrogen and oxygen atoms in total.